The largest absolute Gasteiger partial charge is 0.487 e. The van der Waals surface area contributed by atoms with E-state index in [0.29, 0.717) is 5.75 Å². The van der Waals surface area contributed by atoms with Gasteiger partial charge >= 0.3 is 0 Å². The van der Waals surface area contributed by atoms with Gasteiger partial charge in [-0.05, 0) is 31.0 Å². The zero-order valence-electron chi connectivity index (χ0n) is 11.3. The van der Waals surface area contributed by atoms with E-state index in [2.05, 4.69) is 4.90 Å². The van der Waals surface area contributed by atoms with Crippen molar-refractivity contribution in [1.82, 2.24) is 4.90 Å². The van der Waals surface area contributed by atoms with Crippen LogP contribution in [0.15, 0.2) is 47.3 Å². The van der Waals surface area contributed by atoms with Gasteiger partial charge in [-0.3, -0.25) is 4.90 Å². The molecule has 1 aliphatic heterocycles. The fraction of sp³-hybridized carbons (Fsp3) is 0.375. The van der Waals surface area contributed by atoms with E-state index in [1.165, 1.54) is 11.6 Å². The molecule has 0 unspecified atom stereocenters. The molecule has 106 valence electrons. The highest BCUT2D eigenvalue weighted by atomic mass is 19.1. The lowest BCUT2D eigenvalue weighted by Crippen LogP contribution is -2.37. The van der Waals surface area contributed by atoms with Gasteiger partial charge in [0, 0.05) is 25.2 Å². The van der Waals surface area contributed by atoms with Crippen molar-refractivity contribution in [3.05, 3.63) is 54.2 Å². The summed E-state index contributed by atoms with van der Waals surface area (Å²) in [6, 6.07) is 8.58. The molecule has 0 saturated carbocycles. The molecule has 2 heterocycles. The normalized spacial score (nSPS) is 17.2. The molecule has 0 N–H and O–H groups in total. The predicted molar refractivity (Wildman–Crippen MR) is 74.0 cm³/mol. The molecule has 1 aromatic heterocycles. The molecule has 1 fully saturated rings. The van der Waals surface area contributed by atoms with Gasteiger partial charge in [-0.15, -0.1) is 0 Å². The Morgan fingerprint density at radius 2 is 2.00 bits per heavy atom. The number of furan rings is 1. The van der Waals surface area contributed by atoms with Gasteiger partial charge in [0.25, 0.3) is 0 Å². The molecule has 3 rings (SSSR count). The maximum absolute atomic E-state index is 13.5. The van der Waals surface area contributed by atoms with Crippen LogP contribution < -0.4 is 4.74 Å². The van der Waals surface area contributed by atoms with E-state index in [-0.39, 0.29) is 11.9 Å². The molecule has 1 aliphatic rings. The fourth-order valence-electron chi connectivity index (χ4n) is 2.55. The third kappa shape index (κ3) is 3.20. The number of rotatable bonds is 4. The molecule has 0 spiro atoms. The Kier molecular flexibility index (Phi) is 4.02. The Labute approximate surface area is 118 Å². The van der Waals surface area contributed by atoms with Crippen molar-refractivity contribution in [2.75, 3.05) is 13.1 Å². The molecule has 0 atom stereocenters. The molecule has 4 heteroatoms. The van der Waals surface area contributed by atoms with Crippen molar-refractivity contribution in [2.24, 2.45) is 0 Å². The number of piperidine rings is 1. The second kappa shape index (κ2) is 6.09. The van der Waals surface area contributed by atoms with Crippen LogP contribution in [0.5, 0.6) is 5.75 Å². The third-order valence-corrected chi connectivity index (χ3v) is 3.65. The number of nitrogens with zero attached hydrogens (tertiary/aromatic N) is 1. The summed E-state index contributed by atoms with van der Waals surface area (Å²) in [5, 5.41) is 0. The lowest BCUT2D eigenvalue weighted by atomic mass is 10.1. The Balaban J connectivity index is 1.50. The SMILES string of the molecule is Fc1ccccc1OC1CCN(Cc2ccoc2)CC1. The Hall–Kier alpha value is -1.81. The third-order valence-electron chi connectivity index (χ3n) is 3.65. The second-order valence-electron chi connectivity index (χ2n) is 5.16. The molecule has 1 saturated heterocycles. The lowest BCUT2D eigenvalue weighted by Gasteiger charge is -2.31. The molecule has 20 heavy (non-hydrogen) atoms. The van der Waals surface area contributed by atoms with Gasteiger partial charge in [-0.2, -0.15) is 0 Å². The van der Waals surface area contributed by atoms with Crippen molar-refractivity contribution in [3.8, 4) is 5.75 Å². The number of hydrogen-bond donors (Lipinski definition) is 0. The summed E-state index contributed by atoms with van der Waals surface area (Å²) in [5.74, 6) is 0.0779. The van der Waals surface area contributed by atoms with E-state index in [9.17, 15) is 4.39 Å². The van der Waals surface area contributed by atoms with Crippen LogP contribution in [0.25, 0.3) is 0 Å². The van der Waals surface area contributed by atoms with E-state index < -0.39 is 0 Å². The van der Waals surface area contributed by atoms with E-state index in [0.717, 1.165) is 32.5 Å². The van der Waals surface area contributed by atoms with E-state index in [1.807, 2.05) is 6.07 Å². The van der Waals surface area contributed by atoms with Crippen molar-refractivity contribution in [3.63, 3.8) is 0 Å². The van der Waals surface area contributed by atoms with E-state index in [4.69, 9.17) is 9.15 Å². The number of ether oxygens (including phenoxy) is 1. The number of benzene rings is 1. The maximum atomic E-state index is 13.5. The molecule has 2 aromatic rings. The predicted octanol–water partition coefficient (Wildman–Crippen LogP) is 3.46. The number of hydrogen-bond acceptors (Lipinski definition) is 3. The standard InChI is InChI=1S/C16H18FNO2/c17-15-3-1-2-4-16(15)20-14-5-8-18(9-6-14)11-13-7-10-19-12-13/h1-4,7,10,12,14H,5-6,8-9,11H2. The first-order chi connectivity index (χ1) is 9.81. The van der Waals surface area contributed by atoms with Crippen LogP contribution >= 0.6 is 0 Å². The summed E-state index contributed by atoms with van der Waals surface area (Å²) in [6.45, 7) is 2.83. The number of likely N-dealkylation sites (tertiary alicyclic amines) is 1. The minimum atomic E-state index is -0.284. The highest BCUT2D eigenvalue weighted by Crippen LogP contribution is 2.22. The molecular formula is C16H18FNO2. The van der Waals surface area contributed by atoms with Crippen molar-refractivity contribution in [2.45, 2.75) is 25.5 Å². The van der Waals surface area contributed by atoms with Gasteiger partial charge in [0.05, 0.1) is 12.5 Å². The first-order valence-electron chi connectivity index (χ1n) is 6.96. The van der Waals surface area contributed by atoms with E-state index in [1.54, 1.807) is 30.7 Å². The van der Waals surface area contributed by atoms with Gasteiger partial charge in [0.2, 0.25) is 0 Å². The topological polar surface area (TPSA) is 25.6 Å². The second-order valence-corrected chi connectivity index (χ2v) is 5.16. The van der Waals surface area contributed by atoms with Crippen LogP contribution in [0.1, 0.15) is 18.4 Å². The van der Waals surface area contributed by atoms with Gasteiger partial charge in [0.1, 0.15) is 6.10 Å². The minimum Gasteiger partial charge on any atom is -0.487 e. The average Bonchev–Trinajstić information content (AvgIpc) is 2.96. The molecule has 0 aliphatic carbocycles. The molecule has 1 aromatic carbocycles. The zero-order valence-corrected chi connectivity index (χ0v) is 11.3. The quantitative estimate of drug-likeness (QED) is 0.854. The number of halogens is 1. The summed E-state index contributed by atoms with van der Waals surface area (Å²) in [7, 11) is 0. The number of para-hydroxylation sites is 1. The van der Waals surface area contributed by atoms with Crippen LogP contribution in [-0.2, 0) is 6.54 Å². The first-order valence-corrected chi connectivity index (χ1v) is 6.96. The lowest BCUT2D eigenvalue weighted by molar-refractivity contribution is 0.0934. The van der Waals surface area contributed by atoms with Gasteiger partial charge < -0.3 is 9.15 Å². The molecule has 0 amide bonds. The van der Waals surface area contributed by atoms with Crippen LogP contribution in [-0.4, -0.2) is 24.1 Å². The molecule has 3 nitrogen and oxygen atoms in total. The first kappa shape index (κ1) is 13.2. The molecule has 0 radical (unpaired) electrons. The van der Waals surface area contributed by atoms with Crippen LogP contribution in [0.2, 0.25) is 0 Å². The maximum Gasteiger partial charge on any atom is 0.165 e. The Morgan fingerprint density at radius 1 is 1.20 bits per heavy atom. The monoisotopic (exact) mass is 275 g/mol. The molecule has 0 bridgehead atoms. The highest BCUT2D eigenvalue weighted by Gasteiger charge is 2.21. The van der Waals surface area contributed by atoms with Crippen molar-refractivity contribution in [1.29, 1.82) is 0 Å². The average molecular weight is 275 g/mol. The Bertz CT molecular complexity index is 533. The Morgan fingerprint density at radius 3 is 2.70 bits per heavy atom. The van der Waals surface area contributed by atoms with Crippen LogP contribution in [0.4, 0.5) is 4.39 Å². The van der Waals surface area contributed by atoms with Crippen molar-refractivity contribution >= 4 is 0 Å². The van der Waals surface area contributed by atoms with Crippen LogP contribution in [0, 0.1) is 5.82 Å². The van der Waals surface area contributed by atoms with Crippen LogP contribution in [0.3, 0.4) is 0 Å². The smallest absolute Gasteiger partial charge is 0.165 e. The van der Waals surface area contributed by atoms with E-state index >= 15 is 0 Å². The van der Waals surface area contributed by atoms with Gasteiger partial charge in [-0.1, -0.05) is 12.1 Å². The van der Waals surface area contributed by atoms with Gasteiger partial charge in [0.15, 0.2) is 11.6 Å². The summed E-state index contributed by atoms with van der Waals surface area (Å²) in [5.41, 5.74) is 1.19. The zero-order chi connectivity index (χ0) is 13.8. The molecular weight excluding hydrogens is 257 g/mol. The van der Waals surface area contributed by atoms with Gasteiger partial charge in [-0.25, -0.2) is 4.39 Å². The highest BCUT2D eigenvalue weighted by molar-refractivity contribution is 5.23. The minimum absolute atomic E-state index is 0.104. The summed E-state index contributed by atoms with van der Waals surface area (Å²) < 4.78 is 24.4. The van der Waals surface area contributed by atoms with Crippen molar-refractivity contribution < 1.29 is 13.5 Å². The fourth-order valence-corrected chi connectivity index (χ4v) is 2.55. The summed E-state index contributed by atoms with van der Waals surface area (Å²) in [6.07, 6.45) is 5.43. The summed E-state index contributed by atoms with van der Waals surface area (Å²) in [4.78, 5) is 2.37. The summed E-state index contributed by atoms with van der Waals surface area (Å²) >= 11 is 0.